The van der Waals surface area contributed by atoms with E-state index in [2.05, 4.69) is 9.72 Å². The van der Waals surface area contributed by atoms with Crippen molar-refractivity contribution in [3.05, 3.63) is 34.1 Å². The molecule has 0 aliphatic carbocycles. The summed E-state index contributed by atoms with van der Waals surface area (Å²) in [6.45, 7) is 0. The van der Waals surface area contributed by atoms with Crippen LogP contribution >= 0.6 is 23.2 Å². The first kappa shape index (κ1) is 11.0. The summed E-state index contributed by atoms with van der Waals surface area (Å²) in [5, 5.41) is 0.584. The van der Waals surface area contributed by atoms with Gasteiger partial charge in [0, 0.05) is 12.3 Å². The Morgan fingerprint density at radius 2 is 2.29 bits per heavy atom. The molecule has 0 N–H and O–H groups in total. The van der Waals surface area contributed by atoms with E-state index in [0.29, 0.717) is 10.6 Å². The Bertz CT molecular complexity index is 377. The monoisotopic (exact) mass is 231 g/mol. The number of hydrogen-bond donors (Lipinski definition) is 0. The van der Waals surface area contributed by atoms with E-state index in [1.165, 1.54) is 19.4 Å². The maximum Gasteiger partial charge on any atom is 0.330 e. The molecule has 5 heteroatoms. The van der Waals surface area contributed by atoms with Crippen LogP contribution in [0.3, 0.4) is 0 Å². The van der Waals surface area contributed by atoms with Crippen LogP contribution in [0.25, 0.3) is 6.08 Å². The predicted molar refractivity (Wildman–Crippen MR) is 55.3 cm³/mol. The van der Waals surface area contributed by atoms with Gasteiger partial charge in [0.2, 0.25) is 0 Å². The number of methoxy groups -OCH3 is 1. The van der Waals surface area contributed by atoms with Crippen molar-refractivity contribution < 1.29 is 9.53 Å². The molecule has 0 radical (unpaired) electrons. The van der Waals surface area contributed by atoms with Crippen LogP contribution < -0.4 is 0 Å². The molecule has 1 aromatic rings. The maximum atomic E-state index is 10.7. The lowest BCUT2D eigenvalue weighted by Gasteiger charge is -1.96. The summed E-state index contributed by atoms with van der Waals surface area (Å²) in [6, 6.07) is 1.61. The second-order valence-electron chi connectivity index (χ2n) is 2.40. The molecule has 1 aromatic heterocycles. The number of carbonyl (C=O) groups is 1. The number of ether oxygens (including phenoxy) is 1. The Morgan fingerprint density at radius 3 is 2.86 bits per heavy atom. The van der Waals surface area contributed by atoms with Crippen molar-refractivity contribution in [1.29, 1.82) is 0 Å². The summed E-state index contributed by atoms with van der Waals surface area (Å²) < 4.78 is 4.42. The van der Waals surface area contributed by atoms with Gasteiger partial charge in [0.15, 0.2) is 0 Å². The predicted octanol–water partition coefficient (Wildman–Crippen LogP) is 2.57. The molecule has 1 rings (SSSR count). The van der Waals surface area contributed by atoms with Gasteiger partial charge in [-0.15, -0.1) is 0 Å². The SMILES string of the molecule is COC(=O)/C=C/c1cnc(Cl)c(Cl)c1. The molecule has 0 bridgehead atoms. The molecule has 0 atom stereocenters. The lowest BCUT2D eigenvalue weighted by molar-refractivity contribution is -0.134. The smallest absolute Gasteiger partial charge is 0.330 e. The van der Waals surface area contributed by atoms with Crippen molar-refractivity contribution in [3.8, 4) is 0 Å². The number of rotatable bonds is 2. The van der Waals surface area contributed by atoms with E-state index in [4.69, 9.17) is 23.2 Å². The molecule has 0 unspecified atom stereocenters. The fourth-order valence-electron chi connectivity index (χ4n) is 0.759. The third-order valence-corrected chi connectivity index (χ3v) is 2.12. The van der Waals surface area contributed by atoms with Gasteiger partial charge in [-0.25, -0.2) is 9.78 Å². The third kappa shape index (κ3) is 3.01. The standard InChI is InChI=1S/C9H7Cl2NO2/c1-14-8(13)3-2-6-4-7(10)9(11)12-5-6/h2-5H,1H3/b3-2+. The minimum absolute atomic E-state index is 0.238. The Kier molecular flexibility index (Phi) is 3.92. The van der Waals surface area contributed by atoms with Crippen LogP contribution in [0.2, 0.25) is 10.2 Å². The molecule has 0 fully saturated rings. The first-order valence-corrected chi connectivity index (χ1v) is 4.46. The highest BCUT2D eigenvalue weighted by molar-refractivity contribution is 6.41. The van der Waals surface area contributed by atoms with E-state index in [0.717, 1.165) is 0 Å². The fourth-order valence-corrected chi connectivity index (χ4v) is 1.04. The van der Waals surface area contributed by atoms with E-state index in [1.54, 1.807) is 12.1 Å². The molecule has 3 nitrogen and oxygen atoms in total. The lowest BCUT2D eigenvalue weighted by Crippen LogP contribution is -1.93. The molecule has 0 spiro atoms. The fraction of sp³-hybridized carbons (Fsp3) is 0.111. The van der Waals surface area contributed by atoms with E-state index >= 15 is 0 Å². The van der Waals surface area contributed by atoms with Crippen molar-refractivity contribution >= 4 is 35.2 Å². The average molecular weight is 232 g/mol. The van der Waals surface area contributed by atoms with Gasteiger partial charge in [-0.2, -0.15) is 0 Å². The van der Waals surface area contributed by atoms with E-state index in [9.17, 15) is 4.79 Å². The molecule has 0 saturated heterocycles. The number of carbonyl (C=O) groups excluding carboxylic acids is 1. The second kappa shape index (κ2) is 4.98. The van der Waals surface area contributed by atoms with Crippen LogP contribution in [-0.4, -0.2) is 18.1 Å². The summed E-state index contributed by atoms with van der Waals surface area (Å²) in [5.41, 5.74) is 0.685. The minimum Gasteiger partial charge on any atom is -0.466 e. The first-order chi connectivity index (χ1) is 6.63. The number of halogens is 2. The quantitative estimate of drug-likeness (QED) is 0.447. The highest BCUT2D eigenvalue weighted by Crippen LogP contribution is 2.20. The number of pyridine rings is 1. The molecule has 1 heterocycles. The van der Waals surface area contributed by atoms with Gasteiger partial charge in [-0.05, 0) is 17.7 Å². The second-order valence-corrected chi connectivity index (χ2v) is 3.16. The molecular formula is C9H7Cl2NO2. The molecule has 0 aliphatic rings. The van der Waals surface area contributed by atoms with Crippen molar-refractivity contribution in [2.24, 2.45) is 0 Å². The summed E-state index contributed by atoms with van der Waals surface area (Å²) in [7, 11) is 1.31. The third-order valence-electron chi connectivity index (χ3n) is 1.43. The van der Waals surface area contributed by atoms with Crippen molar-refractivity contribution in [2.75, 3.05) is 7.11 Å². The Balaban J connectivity index is 2.83. The highest BCUT2D eigenvalue weighted by atomic mass is 35.5. The van der Waals surface area contributed by atoms with Gasteiger partial charge >= 0.3 is 5.97 Å². The van der Waals surface area contributed by atoms with Gasteiger partial charge < -0.3 is 4.74 Å². The Labute approximate surface area is 91.3 Å². The van der Waals surface area contributed by atoms with Crippen LogP contribution in [0.5, 0.6) is 0 Å². The van der Waals surface area contributed by atoms with Crippen molar-refractivity contribution in [1.82, 2.24) is 4.98 Å². The number of aromatic nitrogens is 1. The van der Waals surface area contributed by atoms with Gasteiger partial charge in [-0.3, -0.25) is 0 Å². The summed E-state index contributed by atoms with van der Waals surface area (Å²) in [4.78, 5) is 14.6. The first-order valence-electron chi connectivity index (χ1n) is 3.70. The Hall–Kier alpha value is -1.06. The van der Waals surface area contributed by atoms with E-state index < -0.39 is 5.97 Å². The molecule has 0 aliphatic heterocycles. The summed E-state index contributed by atoms with van der Waals surface area (Å²) >= 11 is 11.3. The topological polar surface area (TPSA) is 39.2 Å². The molecule has 74 valence electrons. The van der Waals surface area contributed by atoms with Crippen molar-refractivity contribution in [3.63, 3.8) is 0 Å². The highest BCUT2D eigenvalue weighted by Gasteiger charge is 1.98. The van der Waals surface area contributed by atoms with Crippen molar-refractivity contribution in [2.45, 2.75) is 0 Å². The zero-order valence-corrected chi connectivity index (χ0v) is 8.84. The molecule has 0 saturated carbocycles. The van der Waals surface area contributed by atoms with Crippen LogP contribution in [0.15, 0.2) is 18.3 Å². The number of nitrogens with zero attached hydrogens (tertiary/aromatic N) is 1. The minimum atomic E-state index is -0.434. The van der Waals surface area contributed by atoms with Gasteiger partial charge in [-0.1, -0.05) is 23.2 Å². The molecule has 0 aromatic carbocycles. The Morgan fingerprint density at radius 1 is 1.57 bits per heavy atom. The van der Waals surface area contributed by atoms with Crippen LogP contribution in [-0.2, 0) is 9.53 Å². The summed E-state index contributed by atoms with van der Waals surface area (Å²) in [6.07, 6.45) is 4.33. The maximum absolute atomic E-state index is 10.7. The number of esters is 1. The zero-order valence-electron chi connectivity index (χ0n) is 7.33. The van der Waals surface area contributed by atoms with Gasteiger partial charge in [0.25, 0.3) is 0 Å². The van der Waals surface area contributed by atoms with Gasteiger partial charge in [0.05, 0.1) is 12.1 Å². The van der Waals surface area contributed by atoms with Gasteiger partial charge in [0.1, 0.15) is 5.15 Å². The largest absolute Gasteiger partial charge is 0.466 e. The lowest BCUT2D eigenvalue weighted by atomic mass is 10.2. The molecular weight excluding hydrogens is 225 g/mol. The summed E-state index contributed by atoms with van der Waals surface area (Å²) in [5.74, 6) is -0.434. The van der Waals surface area contributed by atoms with E-state index in [-0.39, 0.29) is 5.15 Å². The molecule has 0 amide bonds. The number of hydrogen-bond acceptors (Lipinski definition) is 3. The zero-order chi connectivity index (χ0) is 10.6. The van der Waals surface area contributed by atoms with Crippen LogP contribution in [0, 0.1) is 0 Å². The van der Waals surface area contributed by atoms with Crippen LogP contribution in [0.1, 0.15) is 5.56 Å². The normalized spacial score (nSPS) is 10.5. The molecule has 14 heavy (non-hydrogen) atoms. The average Bonchev–Trinajstić information content (AvgIpc) is 2.19. The van der Waals surface area contributed by atoms with E-state index in [1.807, 2.05) is 0 Å². The van der Waals surface area contributed by atoms with Crippen LogP contribution in [0.4, 0.5) is 0 Å².